The summed E-state index contributed by atoms with van der Waals surface area (Å²) in [6.07, 6.45) is 22.9. The Morgan fingerprint density at radius 2 is 1.33 bits per heavy atom. The molecule has 0 saturated heterocycles. The number of amides is 1. The molecule has 0 aliphatic heterocycles. The third-order valence-electron chi connectivity index (χ3n) is 6.21. The number of phosphoric ester groups is 1. The van der Waals surface area contributed by atoms with E-state index in [1.165, 1.54) is 44.9 Å². The Bertz CT molecular complexity index is 833. The first-order valence-electron chi connectivity index (χ1n) is 15.4. The predicted octanol–water partition coefficient (Wildman–Crippen LogP) is 5.99. The number of esters is 1. The van der Waals surface area contributed by atoms with Crippen molar-refractivity contribution in [3.05, 3.63) is 24.3 Å². The monoisotopic (exact) mass is 619 g/mol. The number of hydrogen-bond acceptors (Lipinski definition) is 8. The molecule has 0 aliphatic rings. The molecular weight excluding hydrogens is 565 g/mol. The summed E-state index contributed by atoms with van der Waals surface area (Å²) in [5, 5.41) is 21.2. The third kappa shape index (κ3) is 25.7. The highest BCUT2D eigenvalue weighted by atomic mass is 31.2. The van der Waals surface area contributed by atoms with Crippen molar-refractivity contribution in [2.75, 3.05) is 19.8 Å². The Kier molecular flexibility index (Phi) is 25.3. The molecule has 0 saturated carbocycles. The molecule has 0 aliphatic carbocycles. The molecule has 0 fully saturated rings. The summed E-state index contributed by atoms with van der Waals surface area (Å²) in [5.74, 6) is -2.46. The molecule has 11 nitrogen and oxygen atoms in total. The zero-order chi connectivity index (χ0) is 31.5. The van der Waals surface area contributed by atoms with E-state index >= 15 is 0 Å². The molecule has 12 heteroatoms. The lowest BCUT2D eigenvalue weighted by molar-refractivity contribution is -0.147. The summed E-state index contributed by atoms with van der Waals surface area (Å²) in [6, 6.07) is -1.54. The van der Waals surface area contributed by atoms with Gasteiger partial charge in [-0.25, -0.2) is 9.36 Å². The van der Waals surface area contributed by atoms with Crippen LogP contribution in [-0.2, 0) is 32.7 Å². The number of carboxylic acid groups (broad SMARTS) is 1. The number of carbonyl (C=O) groups is 3. The van der Waals surface area contributed by atoms with Crippen LogP contribution in [0.2, 0.25) is 0 Å². The van der Waals surface area contributed by atoms with Gasteiger partial charge in [0.2, 0.25) is 5.91 Å². The molecule has 3 atom stereocenters. The highest BCUT2D eigenvalue weighted by Gasteiger charge is 2.28. The zero-order valence-electron chi connectivity index (χ0n) is 25.5. The first-order valence-corrected chi connectivity index (χ1v) is 16.9. The third-order valence-corrected chi connectivity index (χ3v) is 7.16. The van der Waals surface area contributed by atoms with E-state index in [0.717, 1.165) is 32.1 Å². The number of unbranched alkanes of at least 4 members (excludes halogenated alkanes) is 10. The molecule has 0 rings (SSSR count). The molecule has 0 aromatic rings. The van der Waals surface area contributed by atoms with E-state index in [4.69, 9.17) is 9.84 Å². The van der Waals surface area contributed by atoms with Crippen molar-refractivity contribution >= 4 is 25.7 Å². The highest BCUT2D eigenvalue weighted by molar-refractivity contribution is 7.47. The van der Waals surface area contributed by atoms with Gasteiger partial charge < -0.3 is 25.2 Å². The van der Waals surface area contributed by atoms with E-state index in [-0.39, 0.29) is 12.8 Å². The lowest BCUT2D eigenvalue weighted by atomic mass is 10.1. The molecule has 42 heavy (non-hydrogen) atoms. The molecule has 0 spiro atoms. The van der Waals surface area contributed by atoms with Crippen LogP contribution in [-0.4, -0.2) is 64.9 Å². The maximum atomic E-state index is 12.0. The molecular formula is C30H54NO10P. The van der Waals surface area contributed by atoms with Gasteiger partial charge in [0.1, 0.15) is 12.7 Å². The molecule has 0 radical (unpaired) electrons. The second kappa shape index (κ2) is 26.6. The standard InChI is InChI=1S/C30H54NO10P/c1-3-5-6-7-8-9-10-11-12-13-14-15-16-17-18-19-20-22-29(34)39-23-26(32)24-40-42(37,38)41-25-27(30(35)36)31-28(33)21-4-2/h8-9,11-12,26-27,32H,3-7,10,13-25H2,1-2H3,(H,31,33)(H,35,36)(H,37,38)/b9-8-,12-11-. The number of ether oxygens (including phenoxy) is 1. The second-order valence-electron chi connectivity index (χ2n) is 10.3. The van der Waals surface area contributed by atoms with Gasteiger partial charge in [-0.15, -0.1) is 0 Å². The number of aliphatic hydroxyl groups excluding tert-OH is 1. The topological polar surface area (TPSA) is 169 Å². The summed E-state index contributed by atoms with van der Waals surface area (Å²) < 4.78 is 26.2. The van der Waals surface area contributed by atoms with E-state index < -0.39 is 57.6 Å². The lowest BCUT2D eigenvalue weighted by Crippen LogP contribution is -2.43. The van der Waals surface area contributed by atoms with E-state index in [9.17, 15) is 28.9 Å². The van der Waals surface area contributed by atoms with Gasteiger partial charge in [-0.2, -0.15) is 0 Å². The summed E-state index contributed by atoms with van der Waals surface area (Å²) in [5.41, 5.74) is 0. The van der Waals surface area contributed by atoms with Gasteiger partial charge in [-0.05, 0) is 44.9 Å². The largest absolute Gasteiger partial charge is 0.480 e. The smallest absolute Gasteiger partial charge is 0.472 e. The van der Waals surface area contributed by atoms with Crippen LogP contribution in [0, 0.1) is 0 Å². The summed E-state index contributed by atoms with van der Waals surface area (Å²) in [6.45, 7) is 2.05. The van der Waals surface area contributed by atoms with Crippen LogP contribution in [0.15, 0.2) is 24.3 Å². The SMILES string of the molecule is CCCCC/C=C\C/C=C\CCCCCCCCCC(=O)OCC(O)COP(=O)(O)OCC(NC(=O)CCC)C(=O)O. The van der Waals surface area contributed by atoms with Crippen molar-refractivity contribution in [1.82, 2.24) is 5.32 Å². The van der Waals surface area contributed by atoms with E-state index in [1.54, 1.807) is 6.92 Å². The molecule has 244 valence electrons. The number of allylic oxidation sites excluding steroid dienone is 4. The quantitative estimate of drug-likeness (QED) is 0.0353. The van der Waals surface area contributed by atoms with Crippen molar-refractivity contribution in [3.63, 3.8) is 0 Å². The summed E-state index contributed by atoms with van der Waals surface area (Å²) >= 11 is 0. The van der Waals surface area contributed by atoms with Crippen LogP contribution >= 0.6 is 7.82 Å². The molecule has 0 aromatic carbocycles. The first-order chi connectivity index (χ1) is 20.1. The van der Waals surface area contributed by atoms with E-state index in [0.29, 0.717) is 12.8 Å². The molecule has 4 N–H and O–H groups in total. The Morgan fingerprint density at radius 3 is 1.93 bits per heavy atom. The molecule has 0 aromatic heterocycles. The number of aliphatic carboxylic acids is 1. The zero-order valence-corrected chi connectivity index (χ0v) is 26.4. The van der Waals surface area contributed by atoms with Crippen LogP contribution in [0.4, 0.5) is 0 Å². The van der Waals surface area contributed by atoms with Crippen molar-refractivity contribution < 1.29 is 47.8 Å². The van der Waals surface area contributed by atoms with E-state index in [2.05, 4.69) is 45.6 Å². The Labute approximate surface area is 251 Å². The van der Waals surface area contributed by atoms with Gasteiger partial charge in [-0.1, -0.05) is 83.1 Å². The fraction of sp³-hybridized carbons (Fsp3) is 0.767. The minimum atomic E-state index is -4.72. The highest BCUT2D eigenvalue weighted by Crippen LogP contribution is 2.43. The average Bonchev–Trinajstić information content (AvgIpc) is 2.94. The molecule has 0 bridgehead atoms. The number of carboxylic acids is 1. The fourth-order valence-electron chi connectivity index (χ4n) is 3.80. The van der Waals surface area contributed by atoms with Gasteiger partial charge in [-0.3, -0.25) is 18.6 Å². The van der Waals surface area contributed by atoms with Crippen molar-refractivity contribution in [2.45, 2.75) is 129 Å². The minimum Gasteiger partial charge on any atom is -0.480 e. The average molecular weight is 620 g/mol. The molecule has 3 unspecified atom stereocenters. The van der Waals surface area contributed by atoms with Gasteiger partial charge in [0.15, 0.2) is 6.04 Å². The van der Waals surface area contributed by atoms with Gasteiger partial charge in [0, 0.05) is 12.8 Å². The fourth-order valence-corrected chi connectivity index (χ4v) is 4.57. The van der Waals surface area contributed by atoms with Crippen molar-refractivity contribution in [2.24, 2.45) is 0 Å². The van der Waals surface area contributed by atoms with Crippen LogP contribution in [0.3, 0.4) is 0 Å². The Balaban J connectivity index is 3.82. The Morgan fingerprint density at radius 1 is 0.762 bits per heavy atom. The number of phosphoric acid groups is 1. The Hall–Kier alpha value is -2.04. The second-order valence-corrected chi connectivity index (χ2v) is 11.7. The number of hydrogen-bond donors (Lipinski definition) is 4. The maximum Gasteiger partial charge on any atom is 0.472 e. The predicted molar refractivity (Wildman–Crippen MR) is 162 cm³/mol. The minimum absolute atomic E-state index is 0.0955. The van der Waals surface area contributed by atoms with Crippen LogP contribution in [0.1, 0.15) is 117 Å². The van der Waals surface area contributed by atoms with Crippen molar-refractivity contribution in [1.29, 1.82) is 0 Å². The normalized spacial score (nSPS) is 14.6. The molecule has 1 amide bonds. The van der Waals surface area contributed by atoms with Crippen LogP contribution in [0.25, 0.3) is 0 Å². The molecule has 0 heterocycles. The number of aliphatic hydroxyl groups is 1. The van der Waals surface area contributed by atoms with E-state index in [1.807, 2.05) is 0 Å². The van der Waals surface area contributed by atoms with Gasteiger partial charge >= 0.3 is 19.8 Å². The first kappa shape index (κ1) is 40.0. The van der Waals surface area contributed by atoms with Crippen molar-refractivity contribution in [3.8, 4) is 0 Å². The van der Waals surface area contributed by atoms with Gasteiger partial charge in [0.25, 0.3) is 0 Å². The summed E-state index contributed by atoms with van der Waals surface area (Å²) in [4.78, 5) is 44.4. The van der Waals surface area contributed by atoms with Crippen LogP contribution < -0.4 is 5.32 Å². The number of nitrogens with one attached hydrogen (secondary N) is 1. The number of carbonyl (C=O) groups excluding carboxylic acids is 2. The maximum absolute atomic E-state index is 12.0. The van der Waals surface area contributed by atoms with Crippen LogP contribution in [0.5, 0.6) is 0 Å². The summed E-state index contributed by atoms with van der Waals surface area (Å²) in [7, 11) is -4.72. The lowest BCUT2D eigenvalue weighted by Gasteiger charge is -2.18. The van der Waals surface area contributed by atoms with Gasteiger partial charge in [0.05, 0.1) is 13.2 Å². The number of rotatable bonds is 28.